The zero-order valence-electron chi connectivity index (χ0n) is 18.2. The van der Waals surface area contributed by atoms with E-state index in [9.17, 15) is 8.42 Å². The first-order valence-corrected chi connectivity index (χ1v) is 11.5. The first-order valence-electron chi connectivity index (χ1n) is 10.0. The average molecular weight is 568 g/mol. The van der Waals surface area contributed by atoms with Gasteiger partial charge in [-0.15, -0.1) is 24.0 Å². The van der Waals surface area contributed by atoms with Gasteiger partial charge in [0.25, 0.3) is 0 Å². The van der Waals surface area contributed by atoms with Crippen molar-refractivity contribution >= 4 is 40.0 Å². The Morgan fingerprint density at radius 2 is 1.72 bits per heavy atom. The lowest BCUT2D eigenvalue weighted by Gasteiger charge is -2.15. The lowest BCUT2D eigenvalue weighted by atomic mass is 10.1. The van der Waals surface area contributed by atoms with E-state index in [1.807, 2.05) is 36.0 Å². The van der Waals surface area contributed by atoms with Gasteiger partial charge < -0.3 is 10.6 Å². The highest BCUT2D eigenvalue weighted by Gasteiger charge is 2.12. The average Bonchev–Trinajstić information content (AvgIpc) is 3.27. The summed E-state index contributed by atoms with van der Waals surface area (Å²) in [5.41, 5.74) is 3.32. The number of aromatic nitrogens is 2. The lowest BCUT2D eigenvalue weighted by molar-refractivity contribution is 0.580. The van der Waals surface area contributed by atoms with Gasteiger partial charge >= 0.3 is 0 Å². The van der Waals surface area contributed by atoms with Crippen molar-refractivity contribution in [2.24, 2.45) is 4.99 Å². The van der Waals surface area contributed by atoms with Crippen LogP contribution in [0.1, 0.15) is 16.7 Å². The number of benzene rings is 2. The lowest BCUT2D eigenvalue weighted by Crippen LogP contribution is -2.41. The molecule has 0 saturated heterocycles. The van der Waals surface area contributed by atoms with Gasteiger partial charge in [-0.25, -0.2) is 13.1 Å². The SMILES string of the molecule is CN=C(NCCNS(=O)(=O)c1ccc(C)cc1)NCc1ccccc1Cn1cccn1.I. The van der Waals surface area contributed by atoms with E-state index in [2.05, 4.69) is 37.6 Å². The van der Waals surface area contributed by atoms with Crippen LogP contribution in [0.5, 0.6) is 0 Å². The van der Waals surface area contributed by atoms with Gasteiger partial charge in [0, 0.05) is 39.1 Å². The fourth-order valence-electron chi connectivity index (χ4n) is 3.02. The van der Waals surface area contributed by atoms with Gasteiger partial charge in [0.1, 0.15) is 0 Å². The van der Waals surface area contributed by atoms with Crippen LogP contribution in [-0.2, 0) is 23.1 Å². The Labute approximate surface area is 206 Å². The molecule has 0 aliphatic carbocycles. The summed E-state index contributed by atoms with van der Waals surface area (Å²) < 4.78 is 29.2. The molecule has 0 aliphatic heterocycles. The highest BCUT2D eigenvalue weighted by Crippen LogP contribution is 2.11. The first kappa shape index (κ1) is 25.8. The molecule has 0 aliphatic rings. The minimum atomic E-state index is -3.53. The maximum atomic E-state index is 12.3. The zero-order valence-corrected chi connectivity index (χ0v) is 21.3. The van der Waals surface area contributed by atoms with Crippen molar-refractivity contribution in [2.75, 3.05) is 20.1 Å². The van der Waals surface area contributed by atoms with Gasteiger partial charge in [-0.05, 0) is 36.2 Å². The van der Waals surface area contributed by atoms with Gasteiger partial charge in [0.2, 0.25) is 10.0 Å². The number of halogens is 1. The molecule has 10 heteroatoms. The van der Waals surface area contributed by atoms with Crippen LogP contribution in [0.25, 0.3) is 0 Å². The quantitative estimate of drug-likeness (QED) is 0.160. The van der Waals surface area contributed by atoms with Crippen LogP contribution in [0, 0.1) is 6.92 Å². The second-order valence-electron chi connectivity index (χ2n) is 7.04. The molecule has 8 nitrogen and oxygen atoms in total. The molecule has 0 unspecified atom stereocenters. The third-order valence-corrected chi connectivity index (χ3v) is 6.20. The van der Waals surface area contributed by atoms with Crippen molar-refractivity contribution in [3.8, 4) is 0 Å². The Morgan fingerprint density at radius 1 is 1.00 bits per heavy atom. The Morgan fingerprint density at radius 3 is 2.38 bits per heavy atom. The summed E-state index contributed by atoms with van der Waals surface area (Å²) in [7, 11) is -1.84. The fourth-order valence-corrected chi connectivity index (χ4v) is 4.05. The van der Waals surface area contributed by atoms with E-state index < -0.39 is 10.0 Å². The number of aryl methyl sites for hydroxylation is 1. The van der Waals surface area contributed by atoms with Crippen LogP contribution < -0.4 is 15.4 Å². The van der Waals surface area contributed by atoms with Crippen LogP contribution in [0.2, 0.25) is 0 Å². The van der Waals surface area contributed by atoms with Gasteiger partial charge in [0.15, 0.2) is 5.96 Å². The number of sulfonamides is 1. The van der Waals surface area contributed by atoms with E-state index in [4.69, 9.17) is 0 Å². The topological polar surface area (TPSA) is 100 Å². The van der Waals surface area contributed by atoms with E-state index >= 15 is 0 Å². The molecule has 3 aromatic rings. The number of aliphatic imine (C=N–C) groups is 1. The second kappa shape index (κ2) is 12.6. The monoisotopic (exact) mass is 568 g/mol. The zero-order chi connectivity index (χ0) is 22.1. The number of hydrogen-bond donors (Lipinski definition) is 3. The molecule has 2 aromatic carbocycles. The molecule has 1 aromatic heterocycles. The van der Waals surface area contributed by atoms with Crippen molar-refractivity contribution in [1.82, 2.24) is 25.1 Å². The van der Waals surface area contributed by atoms with E-state index in [0.717, 1.165) is 11.1 Å². The highest BCUT2D eigenvalue weighted by atomic mass is 127. The van der Waals surface area contributed by atoms with E-state index in [1.165, 1.54) is 5.56 Å². The standard InChI is InChI=1S/C22H28N6O2S.HI/c1-18-8-10-21(11-9-18)31(29,30)27-14-13-24-22(23-2)25-16-19-6-3-4-7-20(19)17-28-15-5-12-26-28;/h3-12,15,27H,13-14,16-17H2,1-2H3,(H2,23,24,25);1H. The second-order valence-corrected chi connectivity index (χ2v) is 8.80. The summed E-state index contributed by atoms with van der Waals surface area (Å²) in [6.45, 7) is 3.85. The van der Waals surface area contributed by atoms with E-state index in [0.29, 0.717) is 25.6 Å². The molecule has 3 rings (SSSR count). The van der Waals surface area contributed by atoms with Gasteiger partial charge in [-0.1, -0.05) is 42.0 Å². The summed E-state index contributed by atoms with van der Waals surface area (Å²) >= 11 is 0. The maximum absolute atomic E-state index is 12.3. The third-order valence-electron chi connectivity index (χ3n) is 4.72. The Hall–Kier alpha value is -2.44. The van der Waals surface area contributed by atoms with Crippen molar-refractivity contribution in [3.05, 3.63) is 83.7 Å². The van der Waals surface area contributed by atoms with Crippen LogP contribution in [0.15, 0.2) is 76.9 Å². The molecule has 0 saturated carbocycles. The third kappa shape index (κ3) is 7.61. The number of nitrogens with zero attached hydrogens (tertiary/aromatic N) is 3. The Kier molecular flexibility index (Phi) is 10.1. The fraction of sp³-hybridized carbons (Fsp3) is 0.273. The van der Waals surface area contributed by atoms with Gasteiger partial charge in [-0.2, -0.15) is 5.10 Å². The molecule has 1 heterocycles. The van der Waals surface area contributed by atoms with Crippen LogP contribution in [0.3, 0.4) is 0 Å². The van der Waals surface area contributed by atoms with Crippen LogP contribution >= 0.6 is 24.0 Å². The molecule has 0 atom stereocenters. The molecule has 3 N–H and O–H groups in total. The number of hydrogen-bond acceptors (Lipinski definition) is 4. The Bertz CT molecular complexity index is 1100. The van der Waals surface area contributed by atoms with Crippen LogP contribution in [0.4, 0.5) is 0 Å². The number of rotatable bonds is 9. The molecule has 0 amide bonds. The summed E-state index contributed by atoms with van der Waals surface area (Å²) in [5, 5.41) is 10.7. The summed E-state index contributed by atoms with van der Waals surface area (Å²) in [5.74, 6) is 0.600. The molecular formula is C22H29IN6O2S. The molecular weight excluding hydrogens is 539 g/mol. The van der Waals surface area contributed by atoms with Crippen molar-refractivity contribution in [3.63, 3.8) is 0 Å². The minimum absolute atomic E-state index is 0. The first-order chi connectivity index (χ1) is 15.0. The van der Waals surface area contributed by atoms with Gasteiger partial charge in [-0.3, -0.25) is 9.67 Å². The minimum Gasteiger partial charge on any atom is -0.355 e. The van der Waals surface area contributed by atoms with Gasteiger partial charge in [0.05, 0.1) is 11.4 Å². The van der Waals surface area contributed by atoms with Crippen molar-refractivity contribution < 1.29 is 8.42 Å². The predicted octanol–water partition coefficient (Wildman–Crippen LogP) is 2.50. The smallest absolute Gasteiger partial charge is 0.240 e. The highest BCUT2D eigenvalue weighted by molar-refractivity contribution is 14.0. The van der Waals surface area contributed by atoms with E-state index in [-0.39, 0.29) is 35.4 Å². The molecule has 172 valence electrons. The van der Waals surface area contributed by atoms with Crippen molar-refractivity contribution in [2.45, 2.75) is 24.9 Å². The summed E-state index contributed by atoms with van der Waals surface area (Å²) in [6, 6.07) is 16.8. The number of guanidine groups is 1. The summed E-state index contributed by atoms with van der Waals surface area (Å²) in [6.07, 6.45) is 3.70. The Balaban J connectivity index is 0.00000363. The predicted molar refractivity (Wildman–Crippen MR) is 138 cm³/mol. The summed E-state index contributed by atoms with van der Waals surface area (Å²) in [4.78, 5) is 4.47. The van der Waals surface area contributed by atoms with E-state index in [1.54, 1.807) is 37.5 Å². The van der Waals surface area contributed by atoms with Crippen LogP contribution in [-0.4, -0.2) is 44.3 Å². The molecule has 32 heavy (non-hydrogen) atoms. The molecule has 0 radical (unpaired) electrons. The normalized spacial score (nSPS) is 11.6. The molecule has 0 spiro atoms. The molecule has 0 fully saturated rings. The van der Waals surface area contributed by atoms with Crippen molar-refractivity contribution in [1.29, 1.82) is 0 Å². The largest absolute Gasteiger partial charge is 0.355 e. The molecule has 0 bridgehead atoms. The maximum Gasteiger partial charge on any atom is 0.240 e. The number of nitrogens with one attached hydrogen (secondary N) is 3.